The molecular formula is C9H13F3N2O3. The van der Waals surface area contributed by atoms with E-state index in [0.717, 1.165) is 4.90 Å². The van der Waals surface area contributed by atoms with Crippen molar-refractivity contribution < 1.29 is 28.2 Å². The van der Waals surface area contributed by atoms with Gasteiger partial charge in [0.1, 0.15) is 0 Å². The zero-order valence-electron chi connectivity index (χ0n) is 8.81. The van der Waals surface area contributed by atoms with Gasteiger partial charge < -0.3 is 15.5 Å². The van der Waals surface area contributed by atoms with E-state index >= 15 is 0 Å². The van der Waals surface area contributed by atoms with Crippen molar-refractivity contribution >= 4 is 6.09 Å². The molecule has 2 saturated heterocycles. The fourth-order valence-corrected chi connectivity index (χ4v) is 2.70. The van der Waals surface area contributed by atoms with Crippen molar-refractivity contribution in [3.8, 4) is 0 Å². The Labute approximate surface area is 95.2 Å². The summed E-state index contributed by atoms with van der Waals surface area (Å²) in [5.41, 5.74) is 0. The highest BCUT2D eigenvalue weighted by Gasteiger charge is 2.53. The third kappa shape index (κ3) is 2.06. The van der Waals surface area contributed by atoms with E-state index in [4.69, 9.17) is 5.11 Å². The van der Waals surface area contributed by atoms with Crippen molar-refractivity contribution in [2.75, 3.05) is 6.54 Å². The van der Waals surface area contributed by atoms with Gasteiger partial charge in [-0.05, 0) is 12.8 Å². The Balaban J connectivity index is 2.18. The molecule has 0 saturated carbocycles. The lowest BCUT2D eigenvalue weighted by Crippen LogP contribution is -2.65. The summed E-state index contributed by atoms with van der Waals surface area (Å²) in [5.74, 6) is 0. The zero-order chi connectivity index (χ0) is 12.8. The van der Waals surface area contributed by atoms with Crippen LogP contribution < -0.4 is 5.32 Å². The van der Waals surface area contributed by atoms with Gasteiger partial charge in [-0.2, -0.15) is 13.2 Å². The van der Waals surface area contributed by atoms with Crippen LogP contribution in [0.2, 0.25) is 0 Å². The van der Waals surface area contributed by atoms with Crippen LogP contribution in [0.25, 0.3) is 0 Å². The molecule has 8 heteroatoms. The van der Waals surface area contributed by atoms with E-state index in [9.17, 15) is 23.1 Å². The number of piperazine rings is 1. The molecule has 3 N–H and O–H groups in total. The summed E-state index contributed by atoms with van der Waals surface area (Å²) >= 11 is 0. The number of nitrogens with one attached hydrogen (secondary N) is 1. The maximum absolute atomic E-state index is 12.4. The molecule has 1 amide bonds. The SMILES string of the molecule is O=C(O)N1[C@H]2CC[C@@H]1[C@H](C(O)C(F)(F)F)NC2. The zero-order valence-corrected chi connectivity index (χ0v) is 8.81. The van der Waals surface area contributed by atoms with E-state index in [-0.39, 0.29) is 12.6 Å². The lowest BCUT2D eigenvalue weighted by atomic mass is 9.99. The van der Waals surface area contributed by atoms with E-state index in [2.05, 4.69) is 5.32 Å². The summed E-state index contributed by atoms with van der Waals surface area (Å²) in [5, 5.41) is 20.8. The van der Waals surface area contributed by atoms with Crippen LogP contribution in [0.15, 0.2) is 0 Å². The summed E-state index contributed by atoms with van der Waals surface area (Å²) < 4.78 is 37.3. The molecule has 0 aromatic heterocycles. The minimum absolute atomic E-state index is 0.153. The Kier molecular flexibility index (Phi) is 2.94. The molecular weight excluding hydrogens is 241 g/mol. The molecule has 0 aromatic carbocycles. The van der Waals surface area contributed by atoms with E-state index < -0.39 is 30.5 Å². The van der Waals surface area contributed by atoms with Gasteiger partial charge in [-0.25, -0.2) is 4.79 Å². The molecule has 2 aliphatic rings. The smallest absolute Gasteiger partial charge is 0.415 e. The number of nitrogens with zero attached hydrogens (tertiary/aromatic N) is 1. The summed E-state index contributed by atoms with van der Waals surface area (Å²) in [7, 11) is 0. The molecule has 5 nitrogen and oxygen atoms in total. The van der Waals surface area contributed by atoms with E-state index in [1.807, 2.05) is 0 Å². The lowest BCUT2D eigenvalue weighted by Gasteiger charge is -2.41. The number of aliphatic hydroxyl groups is 1. The Morgan fingerprint density at radius 1 is 1.41 bits per heavy atom. The van der Waals surface area contributed by atoms with Gasteiger partial charge in [-0.15, -0.1) is 0 Å². The molecule has 0 radical (unpaired) electrons. The molecule has 2 aliphatic heterocycles. The van der Waals surface area contributed by atoms with Crippen molar-refractivity contribution in [3.05, 3.63) is 0 Å². The molecule has 2 rings (SSSR count). The molecule has 2 fully saturated rings. The van der Waals surface area contributed by atoms with Crippen molar-refractivity contribution in [2.24, 2.45) is 0 Å². The fourth-order valence-electron chi connectivity index (χ4n) is 2.70. The summed E-state index contributed by atoms with van der Waals surface area (Å²) in [6.07, 6.45) is -7.61. The molecule has 0 aromatic rings. The number of rotatable bonds is 1. The normalized spacial score (nSPS) is 34.8. The Bertz CT molecular complexity index is 323. The lowest BCUT2D eigenvalue weighted by molar-refractivity contribution is -0.217. The number of amides is 1. The van der Waals surface area contributed by atoms with Crippen LogP contribution in [0.4, 0.5) is 18.0 Å². The van der Waals surface area contributed by atoms with Crippen LogP contribution in [0.1, 0.15) is 12.8 Å². The van der Waals surface area contributed by atoms with E-state index in [1.165, 1.54) is 0 Å². The first kappa shape index (κ1) is 12.4. The highest BCUT2D eigenvalue weighted by atomic mass is 19.4. The third-order valence-electron chi connectivity index (χ3n) is 3.45. The van der Waals surface area contributed by atoms with Crippen LogP contribution in [-0.4, -0.2) is 58.2 Å². The standard InChI is InChI=1S/C9H13F3N2O3/c10-9(11,12)7(15)6-5-2-1-4(3-13-6)14(5)8(16)17/h4-7,13,15H,1-3H2,(H,16,17)/t4-,5+,6+,7?/m0/s1. The minimum atomic E-state index is -4.74. The Morgan fingerprint density at radius 2 is 2.06 bits per heavy atom. The van der Waals surface area contributed by atoms with E-state index in [0.29, 0.717) is 12.8 Å². The number of halogens is 3. The van der Waals surface area contributed by atoms with Crippen molar-refractivity contribution in [1.82, 2.24) is 10.2 Å². The minimum Gasteiger partial charge on any atom is -0.465 e. The van der Waals surface area contributed by atoms with E-state index in [1.54, 1.807) is 0 Å². The van der Waals surface area contributed by atoms with Crippen LogP contribution in [0, 0.1) is 0 Å². The third-order valence-corrected chi connectivity index (χ3v) is 3.45. The fraction of sp³-hybridized carbons (Fsp3) is 0.889. The molecule has 2 heterocycles. The highest BCUT2D eigenvalue weighted by molar-refractivity contribution is 5.67. The average Bonchev–Trinajstić information content (AvgIpc) is 2.52. The van der Waals surface area contributed by atoms with Crippen LogP contribution in [0.3, 0.4) is 0 Å². The van der Waals surface area contributed by atoms with Gasteiger partial charge in [0, 0.05) is 12.6 Å². The van der Waals surface area contributed by atoms with Crippen LogP contribution >= 0.6 is 0 Å². The molecule has 98 valence electrons. The molecule has 4 atom stereocenters. The topological polar surface area (TPSA) is 72.8 Å². The van der Waals surface area contributed by atoms with Gasteiger partial charge in [-0.3, -0.25) is 4.90 Å². The molecule has 1 unspecified atom stereocenters. The quantitative estimate of drug-likeness (QED) is 0.633. The molecule has 17 heavy (non-hydrogen) atoms. The number of fused-ring (bicyclic) bond motifs is 2. The summed E-state index contributed by atoms with van der Waals surface area (Å²) in [4.78, 5) is 12.0. The number of hydrogen-bond acceptors (Lipinski definition) is 3. The van der Waals surface area contributed by atoms with Gasteiger partial charge in [-0.1, -0.05) is 0 Å². The first-order valence-corrected chi connectivity index (χ1v) is 5.32. The average molecular weight is 254 g/mol. The highest BCUT2D eigenvalue weighted by Crippen LogP contribution is 2.34. The number of carbonyl (C=O) groups is 1. The second-order valence-corrected chi connectivity index (χ2v) is 4.41. The van der Waals surface area contributed by atoms with Crippen LogP contribution in [-0.2, 0) is 0 Å². The van der Waals surface area contributed by atoms with Gasteiger partial charge >= 0.3 is 12.3 Å². The molecule has 0 spiro atoms. The van der Waals surface area contributed by atoms with Crippen LogP contribution in [0.5, 0.6) is 0 Å². The molecule has 0 aliphatic carbocycles. The Hall–Kier alpha value is -1.02. The maximum atomic E-state index is 12.4. The monoisotopic (exact) mass is 254 g/mol. The Morgan fingerprint density at radius 3 is 2.59 bits per heavy atom. The predicted octanol–water partition coefficient (Wildman–Crippen LogP) is 0.392. The first-order chi connectivity index (χ1) is 7.82. The summed E-state index contributed by atoms with van der Waals surface area (Å²) in [6.45, 7) is 0.153. The molecule has 2 bridgehead atoms. The van der Waals surface area contributed by atoms with Gasteiger partial charge in [0.25, 0.3) is 0 Å². The summed E-state index contributed by atoms with van der Waals surface area (Å²) in [6, 6.07) is -2.36. The van der Waals surface area contributed by atoms with Crippen molar-refractivity contribution in [2.45, 2.75) is 43.2 Å². The maximum Gasteiger partial charge on any atom is 0.415 e. The largest absolute Gasteiger partial charge is 0.465 e. The second kappa shape index (κ2) is 4.02. The number of alkyl halides is 3. The van der Waals surface area contributed by atoms with Gasteiger partial charge in [0.15, 0.2) is 6.10 Å². The van der Waals surface area contributed by atoms with Gasteiger partial charge in [0.05, 0.1) is 12.1 Å². The predicted molar refractivity (Wildman–Crippen MR) is 50.5 cm³/mol. The van der Waals surface area contributed by atoms with Crippen molar-refractivity contribution in [3.63, 3.8) is 0 Å². The number of hydrogen-bond donors (Lipinski definition) is 3. The second-order valence-electron chi connectivity index (χ2n) is 4.41. The number of carboxylic acid groups (broad SMARTS) is 1. The first-order valence-electron chi connectivity index (χ1n) is 5.32. The van der Waals surface area contributed by atoms with Gasteiger partial charge in [0.2, 0.25) is 0 Å². The van der Waals surface area contributed by atoms with Crippen molar-refractivity contribution in [1.29, 1.82) is 0 Å². The number of aliphatic hydroxyl groups excluding tert-OH is 1.